The molecule has 1 aromatic heterocycles. The Morgan fingerprint density at radius 1 is 1.40 bits per heavy atom. The van der Waals surface area contributed by atoms with Crippen LogP contribution in [0.25, 0.3) is 0 Å². The molecular formula is C10H19N5. The Labute approximate surface area is 90.7 Å². The molecule has 0 saturated heterocycles. The van der Waals surface area contributed by atoms with E-state index in [9.17, 15) is 0 Å². The summed E-state index contributed by atoms with van der Waals surface area (Å²) in [5.41, 5.74) is 3.42. The molecule has 0 bridgehead atoms. The highest BCUT2D eigenvalue weighted by Gasteiger charge is 2.01. The number of nitrogens with zero attached hydrogens (tertiary/aromatic N) is 3. The van der Waals surface area contributed by atoms with Gasteiger partial charge in [-0.3, -0.25) is 4.98 Å². The summed E-state index contributed by atoms with van der Waals surface area (Å²) in [7, 11) is 2.09. The first-order valence-corrected chi connectivity index (χ1v) is 5.22. The highest BCUT2D eigenvalue weighted by molar-refractivity contribution is 5.28. The second kappa shape index (κ2) is 6.31. The summed E-state index contributed by atoms with van der Waals surface area (Å²) >= 11 is 0. The summed E-state index contributed by atoms with van der Waals surface area (Å²) in [6.45, 7) is 4.11. The van der Waals surface area contributed by atoms with E-state index in [0.29, 0.717) is 5.82 Å². The minimum atomic E-state index is 0.593. The van der Waals surface area contributed by atoms with Crippen LogP contribution >= 0.6 is 0 Å². The lowest BCUT2D eigenvalue weighted by Gasteiger charge is -2.15. The van der Waals surface area contributed by atoms with Crippen LogP contribution in [0.4, 0.5) is 5.82 Å². The van der Waals surface area contributed by atoms with E-state index >= 15 is 0 Å². The largest absolute Gasteiger partial charge is 0.307 e. The van der Waals surface area contributed by atoms with Crippen LogP contribution in [0.15, 0.2) is 12.4 Å². The molecule has 0 spiro atoms. The molecule has 3 N–H and O–H groups in total. The van der Waals surface area contributed by atoms with Crippen molar-refractivity contribution < 1.29 is 0 Å². The lowest BCUT2D eigenvalue weighted by molar-refractivity contribution is 0.316. The molecule has 5 heteroatoms. The fourth-order valence-electron chi connectivity index (χ4n) is 1.29. The van der Waals surface area contributed by atoms with Gasteiger partial charge in [0.15, 0.2) is 5.82 Å². The molecule has 0 saturated carbocycles. The highest BCUT2D eigenvalue weighted by atomic mass is 15.3. The number of aromatic nitrogens is 2. The van der Waals surface area contributed by atoms with Gasteiger partial charge in [0.2, 0.25) is 0 Å². The maximum absolute atomic E-state index is 5.20. The van der Waals surface area contributed by atoms with Crippen LogP contribution in [0, 0.1) is 0 Å². The molecule has 0 amide bonds. The van der Waals surface area contributed by atoms with Crippen LogP contribution in [0.1, 0.15) is 25.5 Å². The predicted octanol–water partition coefficient (Wildman–Crippen LogP) is 0.994. The molecule has 0 radical (unpaired) electrons. The molecule has 1 aromatic rings. The number of nitrogens with two attached hydrogens (primary N) is 1. The third kappa shape index (κ3) is 4.22. The zero-order valence-electron chi connectivity index (χ0n) is 9.40. The second-order valence-electron chi connectivity index (χ2n) is 3.63. The number of rotatable bonds is 6. The molecule has 0 unspecified atom stereocenters. The summed E-state index contributed by atoms with van der Waals surface area (Å²) in [6.07, 6.45) is 5.82. The zero-order valence-corrected chi connectivity index (χ0v) is 9.40. The van der Waals surface area contributed by atoms with E-state index in [1.54, 1.807) is 12.4 Å². The van der Waals surface area contributed by atoms with E-state index < -0.39 is 0 Å². The minimum absolute atomic E-state index is 0.593. The number of nitrogen functional groups attached to an aromatic ring is 1. The van der Waals surface area contributed by atoms with Crippen molar-refractivity contribution in [3.8, 4) is 0 Å². The quantitative estimate of drug-likeness (QED) is 0.540. The van der Waals surface area contributed by atoms with Crippen LogP contribution < -0.4 is 11.3 Å². The third-order valence-corrected chi connectivity index (χ3v) is 2.18. The highest BCUT2D eigenvalue weighted by Crippen LogP contribution is 2.02. The van der Waals surface area contributed by atoms with Crippen molar-refractivity contribution in [2.24, 2.45) is 5.84 Å². The van der Waals surface area contributed by atoms with Crippen molar-refractivity contribution in [2.75, 3.05) is 19.0 Å². The molecule has 15 heavy (non-hydrogen) atoms. The van der Waals surface area contributed by atoms with Gasteiger partial charge in [-0.1, -0.05) is 13.3 Å². The summed E-state index contributed by atoms with van der Waals surface area (Å²) < 4.78 is 0. The average molecular weight is 209 g/mol. The van der Waals surface area contributed by atoms with E-state index in [1.165, 1.54) is 12.8 Å². The Hall–Kier alpha value is -1.20. The van der Waals surface area contributed by atoms with Crippen molar-refractivity contribution in [2.45, 2.75) is 26.3 Å². The maximum atomic E-state index is 5.20. The number of anilines is 1. The summed E-state index contributed by atoms with van der Waals surface area (Å²) in [6, 6.07) is 0. The van der Waals surface area contributed by atoms with Gasteiger partial charge in [-0.25, -0.2) is 10.8 Å². The van der Waals surface area contributed by atoms with E-state index in [-0.39, 0.29) is 0 Å². The van der Waals surface area contributed by atoms with Crippen LogP contribution in [-0.4, -0.2) is 28.5 Å². The number of hydrogen-bond donors (Lipinski definition) is 2. The SMILES string of the molecule is CCCCN(C)Cc1cnc(NN)cn1. The van der Waals surface area contributed by atoms with Gasteiger partial charge in [0.25, 0.3) is 0 Å². The fraction of sp³-hybridized carbons (Fsp3) is 0.600. The first kappa shape index (κ1) is 11.9. The van der Waals surface area contributed by atoms with E-state index in [0.717, 1.165) is 18.8 Å². The molecule has 1 heterocycles. The third-order valence-electron chi connectivity index (χ3n) is 2.18. The van der Waals surface area contributed by atoms with E-state index in [4.69, 9.17) is 5.84 Å². The first-order chi connectivity index (χ1) is 7.26. The van der Waals surface area contributed by atoms with Gasteiger partial charge in [-0.05, 0) is 20.0 Å². The summed E-state index contributed by atoms with van der Waals surface area (Å²) in [5, 5.41) is 0. The van der Waals surface area contributed by atoms with Gasteiger partial charge < -0.3 is 10.3 Å². The Morgan fingerprint density at radius 3 is 2.73 bits per heavy atom. The average Bonchev–Trinajstić information content (AvgIpc) is 2.27. The molecule has 0 fully saturated rings. The van der Waals surface area contributed by atoms with Crippen LogP contribution in [0.3, 0.4) is 0 Å². The summed E-state index contributed by atoms with van der Waals surface area (Å²) in [4.78, 5) is 10.6. The summed E-state index contributed by atoms with van der Waals surface area (Å²) in [5.74, 6) is 5.80. The lowest BCUT2D eigenvalue weighted by atomic mass is 10.3. The Balaban J connectivity index is 2.42. The molecule has 84 valence electrons. The smallest absolute Gasteiger partial charge is 0.158 e. The predicted molar refractivity (Wildman–Crippen MR) is 61.1 cm³/mol. The van der Waals surface area contributed by atoms with Crippen molar-refractivity contribution in [1.29, 1.82) is 0 Å². The van der Waals surface area contributed by atoms with Gasteiger partial charge >= 0.3 is 0 Å². The second-order valence-corrected chi connectivity index (χ2v) is 3.63. The molecule has 5 nitrogen and oxygen atoms in total. The van der Waals surface area contributed by atoms with Gasteiger partial charge in [0.1, 0.15) is 0 Å². The van der Waals surface area contributed by atoms with Crippen molar-refractivity contribution in [3.05, 3.63) is 18.1 Å². The van der Waals surface area contributed by atoms with Gasteiger partial charge in [-0.2, -0.15) is 0 Å². The molecule has 0 aromatic carbocycles. The first-order valence-electron chi connectivity index (χ1n) is 5.22. The topological polar surface area (TPSA) is 67.1 Å². The van der Waals surface area contributed by atoms with Gasteiger partial charge in [0, 0.05) is 6.54 Å². The number of nitrogens with one attached hydrogen (secondary N) is 1. The number of unbranched alkanes of at least 4 members (excludes halogenated alkanes) is 1. The standard InChI is InChI=1S/C10H19N5/c1-3-4-5-15(2)8-9-6-13-10(14-11)7-12-9/h6-7H,3-5,8,11H2,1-2H3,(H,13,14). The van der Waals surface area contributed by atoms with E-state index in [2.05, 4.69) is 34.3 Å². The minimum Gasteiger partial charge on any atom is -0.307 e. The fourth-order valence-corrected chi connectivity index (χ4v) is 1.29. The molecule has 0 aliphatic heterocycles. The van der Waals surface area contributed by atoms with Gasteiger partial charge in [-0.15, -0.1) is 0 Å². The lowest BCUT2D eigenvalue weighted by Crippen LogP contribution is -2.20. The molecule has 0 atom stereocenters. The zero-order chi connectivity index (χ0) is 11.1. The Bertz CT molecular complexity index is 272. The Morgan fingerprint density at radius 2 is 2.20 bits per heavy atom. The Kier molecular flexibility index (Phi) is 5.00. The molecule has 0 aliphatic rings. The van der Waals surface area contributed by atoms with E-state index in [1.807, 2.05) is 0 Å². The van der Waals surface area contributed by atoms with Crippen molar-refractivity contribution in [1.82, 2.24) is 14.9 Å². The van der Waals surface area contributed by atoms with Gasteiger partial charge in [0.05, 0.1) is 18.1 Å². The number of hydrogen-bond acceptors (Lipinski definition) is 5. The number of hydrazine groups is 1. The van der Waals surface area contributed by atoms with Crippen molar-refractivity contribution >= 4 is 5.82 Å². The maximum Gasteiger partial charge on any atom is 0.158 e. The molecule has 1 rings (SSSR count). The molecule has 0 aliphatic carbocycles. The van der Waals surface area contributed by atoms with Crippen LogP contribution in [0.5, 0.6) is 0 Å². The molecular weight excluding hydrogens is 190 g/mol. The monoisotopic (exact) mass is 209 g/mol. The van der Waals surface area contributed by atoms with Crippen LogP contribution in [-0.2, 0) is 6.54 Å². The van der Waals surface area contributed by atoms with Crippen molar-refractivity contribution in [3.63, 3.8) is 0 Å². The van der Waals surface area contributed by atoms with Crippen LogP contribution in [0.2, 0.25) is 0 Å². The normalized spacial score (nSPS) is 10.7.